The molecule has 0 aliphatic heterocycles. The van der Waals surface area contributed by atoms with E-state index in [1.54, 1.807) is 0 Å². The average molecular weight is 269 g/mol. The van der Waals surface area contributed by atoms with Gasteiger partial charge in [0.15, 0.2) is 6.10 Å². The van der Waals surface area contributed by atoms with Crippen LogP contribution in [-0.2, 0) is 14.3 Å². The lowest BCUT2D eigenvalue weighted by Gasteiger charge is -2.28. The topological polar surface area (TPSA) is 75.6 Å². The summed E-state index contributed by atoms with van der Waals surface area (Å²) in [5.74, 6) is 0.939. The summed E-state index contributed by atoms with van der Waals surface area (Å²) in [6, 6.07) is 0.159. The number of carboxylic acids is 1. The number of ether oxygens (including phenoxy) is 1. The van der Waals surface area contributed by atoms with Crippen LogP contribution in [-0.4, -0.2) is 35.7 Å². The Bertz CT molecular complexity index is 357. The molecule has 0 aromatic heterocycles. The van der Waals surface area contributed by atoms with Gasteiger partial charge in [-0.05, 0) is 50.9 Å². The Morgan fingerprint density at radius 1 is 1.32 bits per heavy atom. The summed E-state index contributed by atoms with van der Waals surface area (Å²) in [4.78, 5) is 22.3. The van der Waals surface area contributed by atoms with Crippen LogP contribution >= 0.6 is 0 Å². The second-order valence-corrected chi connectivity index (χ2v) is 5.99. The average Bonchev–Trinajstić information content (AvgIpc) is 2.97. The molecular weight excluding hydrogens is 246 g/mol. The van der Waals surface area contributed by atoms with Crippen molar-refractivity contribution >= 4 is 11.9 Å². The summed E-state index contributed by atoms with van der Waals surface area (Å²) in [5, 5.41) is 11.6. The van der Waals surface area contributed by atoms with Crippen LogP contribution in [0.15, 0.2) is 0 Å². The van der Waals surface area contributed by atoms with Crippen LogP contribution in [0.4, 0.5) is 0 Å². The highest BCUT2D eigenvalue weighted by Crippen LogP contribution is 2.49. The van der Waals surface area contributed by atoms with E-state index >= 15 is 0 Å². The molecule has 5 atom stereocenters. The van der Waals surface area contributed by atoms with E-state index in [2.05, 4.69) is 5.32 Å². The van der Waals surface area contributed by atoms with E-state index in [0.29, 0.717) is 5.92 Å². The van der Waals surface area contributed by atoms with E-state index in [4.69, 9.17) is 9.84 Å². The van der Waals surface area contributed by atoms with Crippen LogP contribution in [0.1, 0.15) is 39.5 Å². The van der Waals surface area contributed by atoms with Crippen LogP contribution in [0.3, 0.4) is 0 Å². The molecule has 2 aliphatic rings. The Labute approximate surface area is 113 Å². The Kier molecular flexibility index (Phi) is 4.45. The minimum absolute atomic E-state index is 0.159. The van der Waals surface area contributed by atoms with Gasteiger partial charge in [-0.15, -0.1) is 0 Å². The summed E-state index contributed by atoms with van der Waals surface area (Å²) in [6.45, 7) is 3.29. The lowest BCUT2D eigenvalue weighted by Crippen LogP contribution is -2.42. The maximum Gasteiger partial charge on any atom is 0.332 e. The number of amides is 1. The third-order valence-electron chi connectivity index (χ3n) is 4.64. The summed E-state index contributed by atoms with van der Waals surface area (Å²) in [7, 11) is 0. The van der Waals surface area contributed by atoms with Gasteiger partial charge in [0.1, 0.15) is 6.61 Å². The van der Waals surface area contributed by atoms with E-state index < -0.39 is 12.1 Å². The fourth-order valence-corrected chi connectivity index (χ4v) is 3.58. The second-order valence-electron chi connectivity index (χ2n) is 5.99. The minimum Gasteiger partial charge on any atom is -0.479 e. The molecule has 2 N–H and O–H groups in total. The van der Waals surface area contributed by atoms with Crippen molar-refractivity contribution in [2.24, 2.45) is 17.8 Å². The number of nitrogens with one attached hydrogen (secondary N) is 1. The Hall–Kier alpha value is -1.10. The van der Waals surface area contributed by atoms with Crippen molar-refractivity contribution in [3.8, 4) is 0 Å². The van der Waals surface area contributed by atoms with E-state index in [0.717, 1.165) is 11.8 Å². The highest BCUT2D eigenvalue weighted by Gasteiger charge is 2.42. The van der Waals surface area contributed by atoms with Crippen molar-refractivity contribution in [2.75, 3.05) is 6.61 Å². The highest BCUT2D eigenvalue weighted by atomic mass is 16.5. The Morgan fingerprint density at radius 3 is 2.58 bits per heavy atom. The number of rotatable bonds is 6. The fraction of sp³-hybridized carbons (Fsp3) is 0.857. The molecular formula is C14H23NO4. The van der Waals surface area contributed by atoms with Gasteiger partial charge >= 0.3 is 5.97 Å². The molecule has 5 nitrogen and oxygen atoms in total. The van der Waals surface area contributed by atoms with E-state index in [-0.39, 0.29) is 18.6 Å². The van der Waals surface area contributed by atoms with Crippen molar-refractivity contribution in [1.29, 1.82) is 0 Å². The molecule has 0 spiro atoms. The number of carboxylic acid groups (broad SMARTS) is 1. The summed E-state index contributed by atoms with van der Waals surface area (Å²) in [5.41, 5.74) is 0. The van der Waals surface area contributed by atoms with Crippen molar-refractivity contribution in [3.05, 3.63) is 0 Å². The van der Waals surface area contributed by atoms with Crippen LogP contribution in [0.25, 0.3) is 0 Å². The number of carbonyl (C=O) groups excluding carboxylic acids is 1. The van der Waals surface area contributed by atoms with Gasteiger partial charge in [0.25, 0.3) is 0 Å². The number of hydrogen-bond acceptors (Lipinski definition) is 3. The van der Waals surface area contributed by atoms with E-state index in [1.807, 2.05) is 6.92 Å². The first-order valence-electron chi connectivity index (χ1n) is 7.11. The van der Waals surface area contributed by atoms with Gasteiger partial charge in [0.05, 0.1) is 0 Å². The zero-order valence-corrected chi connectivity index (χ0v) is 11.6. The minimum atomic E-state index is -1.05. The van der Waals surface area contributed by atoms with Gasteiger partial charge in [0, 0.05) is 6.04 Å². The molecule has 2 rings (SSSR count). The zero-order chi connectivity index (χ0) is 14.0. The van der Waals surface area contributed by atoms with Gasteiger partial charge in [0.2, 0.25) is 5.91 Å². The van der Waals surface area contributed by atoms with Gasteiger partial charge in [-0.25, -0.2) is 4.79 Å². The quantitative estimate of drug-likeness (QED) is 0.764. The normalized spacial score (nSPS) is 32.0. The number of hydrogen-bond donors (Lipinski definition) is 2. The Morgan fingerprint density at radius 2 is 2.05 bits per heavy atom. The predicted octanol–water partition coefficient (Wildman–Crippen LogP) is 1.42. The van der Waals surface area contributed by atoms with Crippen LogP contribution in [0.5, 0.6) is 0 Å². The maximum absolute atomic E-state index is 11.7. The molecule has 108 valence electrons. The van der Waals surface area contributed by atoms with Crippen molar-refractivity contribution in [1.82, 2.24) is 5.32 Å². The molecule has 0 saturated heterocycles. The van der Waals surface area contributed by atoms with E-state index in [9.17, 15) is 9.59 Å². The first-order valence-corrected chi connectivity index (χ1v) is 7.11. The standard InChI is InChI=1S/C14H23NO4/c1-8(12-6-10-3-4-11(12)5-10)15-13(16)7-19-9(2)14(17)18/h8-12H,3-7H2,1-2H3,(H,15,16)(H,17,18)/t8?,9-,10?,11?,12?/m1/s1. The summed E-state index contributed by atoms with van der Waals surface area (Å²) < 4.78 is 4.98. The molecule has 0 aromatic rings. The Balaban J connectivity index is 1.71. The van der Waals surface area contributed by atoms with Crippen LogP contribution in [0.2, 0.25) is 0 Å². The van der Waals surface area contributed by atoms with Crippen molar-refractivity contribution in [3.63, 3.8) is 0 Å². The maximum atomic E-state index is 11.7. The van der Waals surface area contributed by atoms with Crippen LogP contribution < -0.4 is 5.32 Å². The molecule has 0 radical (unpaired) electrons. The molecule has 2 fully saturated rings. The fourth-order valence-electron chi connectivity index (χ4n) is 3.58. The van der Waals surface area contributed by atoms with Crippen LogP contribution in [0, 0.1) is 17.8 Å². The molecule has 5 heteroatoms. The summed E-state index contributed by atoms with van der Waals surface area (Å²) >= 11 is 0. The molecule has 2 saturated carbocycles. The first-order chi connectivity index (χ1) is 8.97. The van der Waals surface area contributed by atoms with Gasteiger partial charge in [-0.2, -0.15) is 0 Å². The van der Waals surface area contributed by atoms with E-state index in [1.165, 1.54) is 32.6 Å². The first kappa shape index (κ1) is 14.3. The lowest BCUT2D eigenvalue weighted by molar-refractivity contribution is -0.150. The molecule has 4 unspecified atom stereocenters. The number of fused-ring (bicyclic) bond motifs is 2. The van der Waals surface area contributed by atoms with Gasteiger partial charge in [-0.3, -0.25) is 4.79 Å². The summed E-state index contributed by atoms with van der Waals surface area (Å²) in [6.07, 6.45) is 4.24. The smallest absolute Gasteiger partial charge is 0.332 e. The van der Waals surface area contributed by atoms with Gasteiger partial charge < -0.3 is 15.2 Å². The largest absolute Gasteiger partial charge is 0.479 e. The monoisotopic (exact) mass is 269 g/mol. The molecule has 1 amide bonds. The molecule has 2 aliphatic carbocycles. The molecule has 0 aromatic carbocycles. The van der Waals surface area contributed by atoms with Gasteiger partial charge in [-0.1, -0.05) is 6.42 Å². The SMILES string of the molecule is CC(NC(=O)CO[C@H](C)C(=O)O)C1CC2CCC1C2. The van der Waals surface area contributed by atoms with Crippen molar-refractivity contribution in [2.45, 2.75) is 51.7 Å². The third-order valence-corrected chi connectivity index (χ3v) is 4.64. The lowest BCUT2D eigenvalue weighted by atomic mass is 9.84. The predicted molar refractivity (Wildman–Crippen MR) is 69.6 cm³/mol. The van der Waals surface area contributed by atoms with Crippen molar-refractivity contribution < 1.29 is 19.4 Å². The molecule has 2 bridgehead atoms. The second kappa shape index (κ2) is 5.90. The third kappa shape index (κ3) is 3.47. The number of aliphatic carboxylic acids is 1. The molecule has 0 heterocycles. The zero-order valence-electron chi connectivity index (χ0n) is 11.6. The number of carbonyl (C=O) groups is 2. The molecule has 19 heavy (non-hydrogen) atoms. The highest BCUT2D eigenvalue weighted by molar-refractivity contribution is 5.78.